The van der Waals surface area contributed by atoms with Crippen molar-refractivity contribution in [2.75, 3.05) is 26.6 Å². The first-order chi connectivity index (χ1) is 12.3. The van der Waals surface area contributed by atoms with Crippen LogP contribution in [0.15, 0.2) is 53.7 Å². The number of ether oxygens (including phenoxy) is 2. The van der Waals surface area contributed by atoms with Crippen molar-refractivity contribution in [3.05, 3.63) is 48.5 Å². The number of para-hydroxylation sites is 1. The van der Waals surface area contributed by atoms with Crippen LogP contribution < -0.4 is 9.47 Å². The van der Waals surface area contributed by atoms with Crippen LogP contribution in [0.2, 0.25) is 0 Å². The first-order valence-corrected chi connectivity index (χ1v) is 8.74. The van der Waals surface area contributed by atoms with E-state index in [0.29, 0.717) is 23.1 Å². The van der Waals surface area contributed by atoms with Gasteiger partial charge in [-0.2, -0.15) is 0 Å². The van der Waals surface area contributed by atoms with E-state index in [2.05, 4.69) is 10.2 Å². The summed E-state index contributed by atoms with van der Waals surface area (Å²) in [5.74, 6) is 2.54. The number of aliphatic hydroxyl groups is 1. The molecule has 1 heterocycles. The lowest BCUT2D eigenvalue weighted by molar-refractivity contribution is 0.322. The molecular formula is C18H19N3O3S. The quantitative estimate of drug-likeness (QED) is 0.656. The number of thioether (sulfide) groups is 1. The average Bonchev–Trinajstić information content (AvgIpc) is 3.10. The van der Waals surface area contributed by atoms with Crippen LogP contribution in [-0.4, -0.2) is 46.5 Å². The molecule has 0 saturated heterocycles. The minimum atomic E-state index is 0.0814. The van der Waals surface area contributed by atoms with E-state index in [1.54, 1.807) is 14.2 Å². The predicted octanol–water partition coefficient (Wildman–Crippen LogP) is 3.04. The molecule has 6 nitrogen and oxygen atoms in total. The molecule has 0 fully saturated rings. The predicted molar refractivity (Wildman–Crippen MR) is 97.7 cm³/mol. The Bertz CT molecular complexity index is 837. The third-order valence-corrected chi connectivity index (χ3v) is 4.52. The number of aromatic nitrogens is 3. The Balaban J connectivity index is 2.12. The minimum Gasteiger partial charge on any atom is -0.493 e. The van der Waals surface area contributed by atoms with Crippen LogP contribution in [0.25, 0.3) is 17.1 Å². The van der Waals surface area contributed by atoms with Gasteiger partial charge in [0, 0.05) is 17.0 Å². The zero-order chi connectivity index (χ0) is 17.6. The third kappa shape index (κ3) is 3.62. The molecule has 1 aromatic heterocycles. The molecule has 0 atom stereocenters. The van der Waals surface area contributed by atoms with E-state index in [1.807, 2.05) is 53.1 Å². The number of hydrogen-bond donors (Lipinski definition) is 1. The second kappa shape index (κ2) is 8.04. The summed E-state index contributed by atoms with van der Waals surface area (Å²) in [6, 6.07) is 15.5. The van der Waals surface area contributed by atoms with Crippen molar-refractivity contribution in [2.24, 2.45) is 0 Å². The van der Waals surface area contributed by atoms with Crippen molar-refractivity contribution >= 4 is 11.8 Å². The molecule has 0 aliphatic heterocycles. The number of methoxy groups -OCH3 is 2. The highest BCUT2D eigenvalue weighted by atomic mass is 32.2. The second-order valence-corrected chi connectivity index (χ2v) is 6.18. The molecule has 7 heteroatoms. The normalized spacial score (nSPS) is 10.7. The van der Waals surface area contributed by atoms with Crippen LogP contribution in [0.5, 0.6) is 11.5 Å². The lowest BCUT2D eigenvalue weighted by Gasteiger charge is -2.12. The molecule has 0 unspecified atom stereocenters. The van der Waals surface area contributed by atoms with Gasteiger partial charge in [0.1, 0.15) is 0 Å². The molecule has 0 radical (unpaired) electrons. The number of nitrogens with zero attached hydrogens (tertiary/aromatic N) is 3. The molecule has 3 aromatic rings. The molecule has 0 bridgehead atoms. The Kier molecular flexibility index (Phi) is 5.57. The highest BCUT2D eigenvalue weighted by Gasteiger charge is 2.17. The zero-order valence-corrected chi connectivity index (χ0v) is 14.9. The standard InChI is InChI=1S/C18H19N3O3S/c1-23-15-9-8-13(12-16(15)24-2)17-19-20-18(25-11-10-22)21(17)14-6-4-3-5-7-14/h3-9,12,22H,10-11H2,1-2H3. The van der Waals surface area contributed by atoms with Gasteiger partial charge in [0.05, 0.1) is 20.8 Å². The maximum atomic E-state index is 9.13. The summed E-state index contributed by atoms with van der Waals surface area (Å²) in [6.45, 7) is 0.0814. The zero-order valence-electron chi connectivity index (χ0n) is 14.0. The van der Waals surface area contributed by atoms with E-state index in [0.717, 1.165) is 16.4 Å². The van der Waals surface area contributed by atoms with Crippen LogP contribution in [-0.2, 0) is 0 Å². The van der Waals surface area contributed by atoms with E-state index in [1.165, 1.54) is 11.8 Å². The van der Waals surface area contributed by atoms with E-state index < -0.39 is 0 Å². The molecular weight excluding hydrogens is 338 g/mol. The first kappa shape index (κ1) is 17.3. The molecule has 3 rings (SSSR count). The van der Waals surface area contributed by atoms with Gasteiger partial charge in [-0.1, -0.05) is 30.0 Å². The Labute approximate surface area is 150 Å². The van der Waals surface area contributed by atoms with E-state index in [-0.39, 0.29) is 6.61 Å². The molecule has 130 valence electrons. The van der Waals surface area contributed by atoms with E-state index >= 15 is 0 Å². The fraction of sp³-hybridized carbons (Fsp3) is 0.222. The molecule has 1 N–H and O–H groups in total. The summed E-state index contributed by atoms with van der Waals surface area (Å²) >= 11 is 1.46. The molecule has 0 saturated carbocycles. The second-order valence-electron chi connectivity index (χ2n) is 5.12. The maximum Gasteiger partial charge on any atom is 0.196 e. The molecule has 0 spiro atoms. The largest absolute Gasteiger partial charge is 0.493 e. The van der Waals surface area contributed by atoms with Gasteiger partial charge < -0.3 is 14.6 Å². The van der Waals surface area contributed by atoms with Gasteiger partial charge in [0.25, 0.3) is 0 Å². The summed E-state index contributed by atoms with van der Waals surface area (Å²) in [5, 5.41) is 18.5. The molecule has 25 heavy (non-hydrogen) atoms. The van der Waals surface area contributed by atoms with Gasteiger partial charge in [0.2, 0.25) is 0 Å². The van der Waals surface area contributed by atoms with E-state index in [4.69, 9.17) is 14.6 Å². The molecule has 0 amide bonds. The van der Waals surface area contributed by atoms with Gasteiger partial charge >= 0.3 is 0 Å². The molecule has 0 aliphatic rings. The van der Waals surface area contributed by atoms with Gasteiger partial charge in [-0.15, -0.1) is 10.2 Å². The Morgan fingerprint density at radius 3 is 2.44 bits per heavy atom. The van der Waals surface area contributed by atoms with Crippen LogP contribution in [0.3, 0.4) is 0 Å². The number of benzene rings is 2. The third-order valence-electron chi connectivity index (χ3n) is 3.61. The van der Waals surface area contributed by atoms with Crippen molar-refractivity contribution in [1.82, 2.24) is 14.8 Å². The lowest BCUT2D eigenvalue weighted by Crippen LogP contribution is -2.01. The number of rotatable bonds is 7. The van der Waals surface area contributed by atoms with Crippen molar-refractivity contribution in [1.29, 1.82) is 0 Å². The summed E-state index contributed by atoms with van der Waals surface area (Å²) in [4.78, 5) is 0. The van der Waals surface area contributed by atoms with Crippen molar-refractivity contribution in [3.63, 3.8) is 0 Å². The van der Waals surface area contributed by atoms with Gasteiger partial charge in [-0.25, -0.2) is 0 Å². The Morgan fingerprint density at radius 2 is 1.76 bits per heavy atom. The van der Waals surface area contributed by atoms with E-state index in [9.17, 15) is 0 Å². The first-order valence-electron chi connectivity index (χ1n) is 7.75. The lowest BCUT2D eigenvalue weighted by atomic mass is 10.2. The summed E-state index contributed by atoms with van der Waals surface area (Å²) in [5.41, 5.74) is 1.82. The molecule has 2 aromatic carbocycles. The highest BCUT2D eigenvalue weighted by Crippen LogP contribution is 2.34. The summed E-state index contributed by atoms with van der Waals surface area (Å²) < 4.78 is 12.7. The van der Waals surface area contributed by atoms with Gasteiger partial charge in [-0.3, -0.25) is 4.57 Å². The summed E-state index contributed by atoms with van der Waals surface area (Å²) in [6.07, 6.45) is 0. The number of aliphatic hydroxyl groups excluding tert-OH is 1. The average molecular weight is 357 g/mol. The smallest absolute Gasteiger partial charge is 0.196 e. The number of hydrogen-bond acceptors (Lipinski definition) is 6. The van der Waals surface area contributed by atoms with Crippen molar-refractivity contribution in [2.45, 2.75) is 5.16 Å². The summed E-state index contributed by atoms with van der Waals surface area (Å²) in [7, 11) is 3.21. The van der Waals surface area contributed by atoms with Crippen LogP contribution >= 0.6 is 11.8 Å². The fourth-order valence-corrected chi connectivity index (χ4v) is 3.17. The van der Waals surface area contributed by atoms with Crippen molar-refractivity contribution in [3.8, 4) is 28.6 Å². The Morgan fingerprint density at radius 1 is 1.00 bits per heavy atom. The minimum absolute atomic E-state index is 0.0814. The topological polar surface area (TPSA) is 69.4 Å². The maximum absolute atomic E-state index is 9.13. The van der Waals surface area contributed by atoms with Crippen LogP contribution in [0.4, 0.5) is 0 Å². The monoisotopic (exact) mass is 357 g/mol. The van der Waals surface area contributed by atoms with Crippen molar-refractivity contribution < 1.29 is 14.6 Å². The SMILES string of the molecule is COc1ccc(-c2nnc(SCCO)n2-c2ccccc2)cc1OC. The molecule has 0 aliphatic carbocycles. The van der Waals surface area contributed by atoms with Crippen LogP contribution in [0.1, 0.15) is 0 Å². The Hall–Kier alpha value is -2.51. The van der Waals surface area contributed by atoms with Gasteiger partial charge in [0.15, 0.2) is 22.5 Å². The van der Waals surface area contributed by atoms with Crippen LogP contribution in [0, 0.1) is 0 Å². The fourth-order valence-electron chi connectivity index (χ4n) is 2.47. The highest BCUT2D eigenvalue weighted by molar-refractivity contribution is 7.99. The van der Waals surface area contributed by atoms with Gasteiger partial charge in [-0.05, 0) is 30.3 Å².